The predicted octanol–water partition coefficient (Wildman–Crippen LogP) is 5.54. The van der Waals surface area contributed by atoms with Crippen LogP contribution in [-0.4, -0.2) is 25.3 Å². The van der Waals surface area contributed by atoms with Crippen LogP contribution in [0.3, 0.4) is 0 Å². The van der Waals surface area contributed by atoms with Crippen molar-refractivity contribution < 1.29 is 13.2 Å². The average molecular weight is 480 g/mol. The van der Waals surface area contributed by atoms with Gasteiger partial charge in [-0.1, -0.05) is 50.3 Å². The average Bonchev–Trinajstić information content (AvgIpc) is 3.33. The van der Waals surface area contributed by atoms with Crippen LogP contribution in [0.4, 0.5) is 5.69 Å². The van der Waals surface area contributed by atoms with Crippen LogP contribution < -0.4 is 10.0 Å². The number of para-hydroxylation sites is 1. The molecule has 1 aliphatic carbocycles. The lowest BCUT2D eigenvalue weighted by atomic mass is 9.85. The van der Waals surface area contributed by atoms with Gasteiger partial charge in [-0.15, -0.1) is 0 Å². The maximum atomic E-state index is 13.1. The summed E-state index contributed by atoms with van der Waals surface area (Å²) in [5.41, 5.74) is 2.86. The molecule has 6 nitrogen and oxygen atoms in total. The van der Waals surface area contributed by atoms with Crippen molar-refractivity contribution in [1.29, 1.82) is 0 Å². The van der Waals surface area contributed by atoms with E-state index in [1.165, 1.54) is 32.1 Å². The van der Waals surface area contributed by atoms with Gasteiger partial charge in [0, 0.05) is 36.2 Å². The maximum absolute atomic E-state index is 13.1. The van der Waals surface area contributed by atoms with Crippen LogP contribution >= 0.6 is 0 Å². The van der Waals surface area contributed by atoms with Gasteiger partial charge < -0.3 is 9.88 Å². The smallest absolute Gasteiger partial charge is 0.261 e. The lowest BCUT2D eigenvalue weighted by Crippen LogP contribution is -2.29. The van der Waals surface area contributed by atoms with Crippen molar-refractivity contribution >= 4 is 22.0 Å². The van der Waals surface area contributed by atoms with E-state index in [1.807, 2.05) is 18.2 Å². The number of nitrogens with zero attached hydrogens (tertiary/aromatic N) is 1. The van der Waals surface area contributed by atoms with Gasteiger partial charge in [-0.05, 0) is 61.2 Å². The molecule has 1 heterocycles. The molecule has 0 spiro atoms. The summed E-state index contributed by atoms with van der Waals surface area (Å²) in [6.07, 6.45) is 12.1. The Morgan fingerprint density at radius 3 is 2.47 bits per heavy atom. The summed E-state index contributed by atoms with van der Waals surface area (Å²) in [4.78, 5) is 11.1. The Balaban J connectivity index is 1.41. The largest absolute Gasteiger partial charge is 0.323 e. The molecular formula is C27H33N3O3S. The Bertz CT molecular complexity index is 1200. The normalized spacial score (nSPS) is 15.7. The molecule has 1 aliphatic rings. The first kappa shape index (κ1) is 24.2. The monoisotopic (exact) mass is 479 g/mol. The summed E-state index contributed by atoms with van der Waals surface area (Å²) in [7, 11) is -3.74. The molecule has 4 rings (SSSR count). The third-order valence-corrected chi connectivity index (χ3v) is 7.99. The first-order valence-corrected chi connectivity index (χ1v) is 13.5. The van der Waals surface area contributed by atoms with Crippen LogP contribution in [-0.2, 0) is 16.6 Å². The van der Waals surface area contributed by atoms with Crippen LogP contribution in [0, 0.1) is 5.92 Å². The molecule has 1 saturated carbocycles. The second-order valence-electron chi connectivity index (χ2n) is 9.25. The van der Waals surface area contributed by atoms with Gasteiger partial charge in [-0.25, -0.2) is 8.42 Å². The Hall–Kier alpha value is -2.90. The Kier molecular flexibility index (Phi) is 7.85. The molecule has 0 saturated heterocycles. The van der Waals surface area contributed by atoms with Gasteiger partial charge in [0.15, 0.2) is 6.29 Å². The fourth-order valence-corrected chi connectivity index (χ4v) is 5.81. The number of carbonyl (C=O) groups excluding carboxylic acids is 1. The van der Waals surface area contributed by atoms with E-state index in [2.05, 4.69) is 17.0 Å². The molecule has 0 amide bonds. The zero-order valence-corrected chi connectivity index (χ0v) is 20.4. The molecule has 1 fully saturated rings. The molecule has 34 heavy (non-hydrogen) atoms. The summed E-state index contributed by atoms with van der Waals surface area (Å²) < 4.78 is 30.7. The summed E-state index contributed by atoms with van der Waals surface area (Å²) in [5, 5.41) is 3.58. The highest BCUT2D eigenvalue weighted by Crippen LogP contribution is 2.27. The van der Waals surface area contributed by atoms with Gasteiger partial charge in [0.05, 0.1) is 10.6 Å². The first-order valence-electron chi connectivity index (χ1n) is 12.0. The number of carbonyl (C=O) groups is 1. The molecular weight excluding hydrogens is 446 g/mol. The molecule has 180 valence electrons. The Morgan fingerprint density at radius 2 is 1.76 bits per heavy atom. The molecule has 0 bridgehead atoms. The SMILES string of the molecule is C[C@@H](CC1CCCCC1)NCc1ccccc1NS(=O)(=O)c1ccc(-n2ccc(C=O)c2)cc1. The minimum Gasteiger partial charge on any atom is -0.323 e. The second-order valence-corrected chi connectivity index (χ2v) is 10.9. The molecule has 3 aromatic rings. The van der Waals surface area contributed by atoms with Crippen LogP contribution in [0.15, 0.2) is 71.9 Å². The van der Waals surface area contributed by atoms with E-state index in [0.29, 0.717) is 23.8 Å². The molecule has 0 unspecified atom stereocenters. The van der Waals surface area contributed by atoms with E-state index < -0.39 is 10.0 Å². The summed E-state index contributed by atoms with van der Waals surface area (Å²) >= 11 is 0. The molecule has 0 aliphatic heterocycles. The number of hydrogen-bond acceptors (Lipinski definition) is 4. The summed E-state index contributed by atoms with van der Waals surface area (Å²) in [6.45, 7) is 2.82. The van der Waals surface area contributed by atoms with E-state index in [9.17, 15) is 13.2 Å². The van der Waals surface area contributed by atoms with Crippen LogP contribution in [0.25, 0.3) is 5.69 Å². The zero-order valence-electron chi connectivity index (χ0n) is 19.6. The standard InChI is InChI=1S/C27H33N3O3S/c1-21(17-22-7-3-2-4-8-22)28-18-24-9-5-6-10-27(24)29-34(32,33)26-13-11-25(12-14-26)30-16-15-23(19-30)20-31/h5-6,9-16,19-22,28-29H,2-4,7-8,17-18H2,1H3/t21-/m0/s1. The van der Waals surface area contributed by atoms with Gasteiger partial charge >= 0.3 is 0 Å². The lowest BCUT2D eigenvalue weighted by Gasteiger charge is -2.25. The van der Waals surface area contributed by atoms with Crippen molar-refractivity contribution in [3.63, 3.8) is 0 Å². The van der Waals surface area contributed by atoms with Crippen LogP contribution in [0.1, 0.15) is 61.4 Å². The fraction of sp³-hybridized carbons (Fsp3) is 0.370. The molecule has 0 radical (unpaired) electrons. The van der Waals surface area contributed by atoms with Crippen molar-refractivity contribution in [2.45, 2.75) is 62.9 Å². The predicted molar refractivity (Wildman–Crippen MR) is 136 cm³/mol. The number of anilines is 1. The first-order chi connectivity index (χ1) is 16.4. The van der Waals surface area contributed by atoms with Gasteiger partial charge in [0.25, 0.3) is 10.0 Å². The Labute approximate surface area is 202 Å². The third kappa shape index (κ3) is 6.15. The highest BCUT2D eigenvalue weighted by Gasteiger charge is 2.18. The Morgan fingerprint density at radius 1 is 1.03 bits per heavy atom. The van der Waals surface area contributed by atoms with Crippen LogP contribution in [0.2, 0.25) is 0 Å². The molecule has 2 N–H and O–H groups in total. The highest BCUT2D eigenvalue weighted by atomic mass is 32.2. The minimum atomic E-state index is -3.74. The van der Waals surface area contributed by atoms with Crippen molar-refractivity contribution in [3.8, 4) is 5.69 Å². The summed E-state index contributed by atoms with van der Waals surface area (Å²) in [5.74, 6) is 0.796. The van der Waals surface area contributed by atoms with Crippen molar-refractivity contribution in [2.24, 2.45) is 5.92 Å². The van der Waals surface area contributed by atoms with Gasteiger partial charge in [0.2, 0.25) is 0 Å². The lowest BCUT2D eigenvalue weighted by molar-refractivity contribution is 0.112. The molecule has 7 heteroatoms. The number of benzene rings is 2. The fourth-order valence-electron chi connectivity index (χ4n) is 4.71. The molecule has 2 aromatic carbocycles. The number of rotatable bonds is 10. The van der Waals surface area contributed by atoms with E-state index in [0.717, 1.165) is 29.9 Å². The topological polar surface area (TPSA) is 80.2 Å². The van der Waals surface area contributed by atoms with Crippen molar-refractivity contribution in [3.05, 3.63) is 78.1 Å². The zero-order chi connectivity index (χ0) is 24.0. The number of aldehydes is 1. The van der Waals surface area contributed by atoms with Gasteiger partial charge in [-0.2, -0.15) is 0 Å². The van der Waals surface area contributed by atoms with E-state index in [-0.39, 0.29) is 4.90 Å². The highest BCUT2D eigenvalue weighted by molar-refractivity contribution is 7.92. The number of nitrogens with one attached hydrogen (secondary N) is 2. The quantitative estimate of drug-likeness (QED) is 0.374. The number of hydrogen-bond donors (Lipinski definition) is 2. The number of sulfonamides is 1. The maximum Gasteiger partial charge on any atom is 0.261 e. The van der Waals surface area contributed by atoms with E-state index >= 15 is 0 Å². The van der Waals surface area contributed by atoms with E-state index in [1.54, 1.807) is 53.4 Å². The molecule has 1 aromatic heterocycles. The minimum absolute atomic E-state index is 0.187. The second kappa shape index (κ2) is 11.0. The van der Waals surface area contributed by atoms with Gasteiger partial charge in [-0.3, -0.25) is 9.52 Å². The van der Waals surface area contributed by atoms with Crippen LogP contribution in [0.5, 0.6) is 0 Å². The van der Waals surface area contributed by atoms with Crippen molar-refractivity contribution in [2.75, 3.05) is 4.72 Å². The van der Waals surface area contributed by atoms with Gasteiger partial charge in [0.1, 0.15) is 0 Å². The molecule has 1 atom stereocenters. The van der Waals surface area contributed by atoms with Crippen molar-refractivity contribution in [1.82, 2.24) is 9.88 Å². The van der Waals surface area contributed by atoms with E-state index in [4.69, 9.17) is 0 Å². The number of aromatic nitrogens is 1. The summed E-state index contributed by atoms with van der Waals surface area (Å²) in [6, 6.07) is 16.2. The third-order valence-electron chi connectivity index (χ3n) is 6.61.